The van der Waals surface area contributed by atoms with E-state index in [1.807, 2.05) is 0 Å². The van der Waals surface area contributed by atoms with E-state index in [-0.39, 0.29) is 25.2 Å². The normalized spacial score (nSPS) is 26.3. The number of fused-ring (bicyclic) bond motifs is 2. The summed E-state index contributed by atoms with van der Waals surface area (Å²) in [6, 6.07) is 1.65. The molecule has 2 atom stereocenters. The van der Waals surface area contributed by atoms with Gasteiger partial charge in [-0.15, -0.1) is 0 Å². The average Bonchev–Trinajstić information content (AvgIpc) is 2.76. The summed E-state index contributed by atoms with van der Waals surface area (Å²) in [6.45, 7) is 0.320. The van der Waals surface area contributed by atoms with Crippen LogP contribution in [-0.2, 0) is 16.2 Å². The lowest BCUT2D eigenvalue weighted by Crippen LogP contribution is -2.39. The van der Waals surface area contributed by atoms with Crippen molar-refractivity contribution in [3.05, 3.63) is 29.6 Å². The zero-order valence-electron chi connectivity index (χ0n) is 12.1. The van der Waals surface area contributed by atoms with Crippen LogP contribution in [0.5, 0.6) is 0 Å². The Balaban J connectivity index is 1.96. The smallest absolute Gasteiger partial charge is 0.310 e. The molecule has 1 aromatic carbocycles. The second-order valence-corrected chi connectivity index (χ2v) is 7.84. The van der Waals surface area contributed by atoms with Gasteiger partial charge in [-0.05, 0) is 37.5 Å². The highest BCUT2D eigenvalue weighted by atomic mass is 32.2. The molecule has 128 valence electrons. The van der Waals surface area contributed by atoms with Gasteiger partial charge in [-0.25, -0.2) is 12.8 Å². The van der Waals surface area contributed by atoms with Crippen molar-refractivity contribution in [2.24, 2.45) is 0 Å². The predicted octanol–water partition coefficient (Wildman–Crippen LogP) is 2.36. The molecule has 0 aromatic heterocycles. The molecule has 0 aliphatic carbocycles. The summed E-state index contributed by atoms with van der Waals surface area (Å²) >= 11 is 0. The Bertz CT molecular complexity index is 705. The van der Waals surface area contributed by atoms with Crippen LogP contribution in [0.2, 0.25) is 0 Å². The highest BCUT2D eigenvalue weighted by Crippen LogP contribution is 2.33. The topological polar surface area (TPSA) is 49.4 Å². The molecule has 0 amide bonds. The van der Waals surface area contributed by atoms with E-state index in [1.165, 1.54) is 0 Å². The standard InChI is InChI=1S/C14H16F4N2O2S/c15-12-4-1-9(14(16,17)18)7-13(12)23(21,22)20-6-5-10-2-3-11(8-20)19-10/h1,4,7,10-11,19H,2-3,5-6,8H2. The second kappa shape index (κ2) is 5.71. The molecule has 2 aliphatic rings. The van der Waals surface area contributed by atoms with Crippen LogP contribution < -0.4 is 5.32 Å². The molecule has 2 unspecified atom stereocenters. The van der Waals surface area contributed by atoms with E-state index in [1.54, 1.807) is 0 Å². The molecule has 2 fully saturated rings. The average molecular weight is 352 g/mol. The van der Waals surface area contributed by atoms with Gasteiger partial charge in [0.05, 0.1) is 5.56 Å². The molecule has 3 rings (SSSR count). The third kappa shape index (κ3) is 3.22. The Labute approximate surface area is 131 Å². The van der Waals surface area contributed by atoms with Crippen LogP contribution in [0.3, 0.4) is 0 Å². The summed E-state index contributed by atoms with van der Waals surface area (Å²) in [5.74, 6) is -1.17. The lowest BCUT2D eigenvalue weighted by molar-refractivity contribution is -0.137. The number of hydrogen-bond acceptors (Lipinski definition) is 3. The van der Waals surface area contributed by atoms with Gasteiger partial charge in [0.25, 0.3) is 0 Å². The Morgan fingerprint density at radius 1 is 1.13 bits per heavy atom. The van der Waals surface area contributed by atoms with Crippen molar-refractivity contribution in [3.8, 4) is 0 Å². The summed E-state index contributed by atoms with van der Waals surface area (Å²) in [6.07, 6.45) is -2.40. The second-order valence-electron chi connectivity index (χ2n) is 5.93. The number of hydrogen-bond donors (Lipinski definition) is 1. The Morgan fingerprint density at radius 3 is 2.52 bits per heavy atom. The maximum atomic E-state index is 13.9. The lowest BCUT2D eigenvalue weighted by Gasteiger charge is -2.24. The highest BCUT2D eigenvalue weighted by molar-refractivity contribution is 7.89. The van der Waals surface area contributed by atoms with Crippen molar-refractivity contribution < 1.29 is 26.0 Å². The zero-order valence-corrected chi connectivity index (χ0v) is 12.9. The van der Waals surface area contributed by atoms with Crippen molar-refractivity contribution in [1.29, 1.82) is 0 Å². The van der Waals surface area contributed by atoms with Gasteiger partial charge in [-0.1, -0.05) is 0 Å². The van der Waals surface area contributed by atoms with Crippen molar-refractivity contribution >= 4 is 10.0 Å². The fourth-order valence-electron chi connectivity index (χ4n) is 3.15. The minimum atomic E-state index is -4.72. The zero-order chi connectivity index (χ0) is 16.8. The summed E-state index contributed by atoms with van der Waals surface area (Å²) < 4.78 is 78.5. The molecule has 2 saturated heterocycles. The third-order valence-corrected chi connectivity index (χ3v) is 6.24. The maximum absolute atomic E-state index is 13.9. The van der Waals surface area contributed by atoms with Crippen LogP contribution in [0, 0.1) is 5.82 Å². The Kier molecular flexibility index (Phi) is 4.14. The first-order valence-electron chi connectivity index (χ1n) is 7.31. The molecular weight excluding hydrogens is 336 g/mol. The van der Waals surface area contributed by atoms with E-state index in [4.69, 9.17) is 0 Å². The van der Waals surface area contributed by atoms with E-state index in [0.717, 1.165) is 17.1 Å². The number of halogens is 4. The van der Waals surface area contributed by atoms with Gasteiger partial charge in [0, 0.05) is 25.2 Å². The van der Waals surface area contributed by atoms with Crippen LogP contribution >= 0.6 is 0 Å². The van der Waals surface area contributed by atoms with Gasteiger partial charge in [0.1, 0.15) is 10.7 Å². The van der Waals surface area contributed by atoms with E-state index in [0.29, 0.717) is 24.6 Å². The quantitative estimate of drug-likeness (QED) is 0.832. The molecule has 1 aromatic rings. The first-order valence-corrected chi connectivity index (χ1v) is 8.75. The minimum absolute atomic E-state index is 0.0360. The van der Waals surface area contributed by atoms with E-state index < -0.39 is 32.5 Å². The molecule has 1 N–H and O–H groups in total. The molecule has 0 saturated carbocycles. The van der Waals surface area contributed by atoms with Gasteiger partial charge in [0.15, 0.2) is 0 Å². The fraction of sp³-hybridized carbons (Fsp3) is 0.571. The van der Waals surface area contributed by atoms with Crippen LogP contribution in [0.4, 0.5) is 17.6 Å². The van der Waals surface area contributed by atoms with E-state index in [2.05, 4.69) is 5.32 Å². The Hall–Kier alpha value is -1.19. The van der Waals surface area contributed by atoms with E-state index in [9.17, 15) is 26.0 Å². The van der Waals surface area contributed by atoms with Crippen molar-refractivity contribution in [2.45, 2.75) is 42.4 Å². The molecule has 2 bridgehead atoms. The first kappa shape index (κ1) is 16.7. The third-order valence-electron chi connectivity index (χ3n) is 4.36. The van der Waals surface area contributed by atoms with Crippen molar-refractivity contribution in [3.63, 3.8) is 0 Å². The predicted molar refractivity (Wildman–Crippen MR) is 74.7 cm³/mol. The monoisotopic (exact) mass is 352 g/mol. The molecular formula is C14H16F4N2O2S. The maximum Gasteiger partial charge on any atom is 0.416 e. The summed E-state index contributed by atoms with van der Waals surface area (Å²) in [4.78, 5) is -0.912. The van der Waals surface area contributed by atoms with Gasteiger partial charge in [-0.3, -0.25) is 0 Å². The van der Waals surface area contributed by atoms with E-state index >= 15 is 0 Å². The Morgan fingerprint density at radius 2 is 1.83 bits per heavy atom. The number of nitrogens with one attached hydrogen (secondary N) is 1. The van der Waals surface area contributed by atoms with Crippen LogP contribution in [0.25, 0.3) is 0 Å². The molecule has 2 aliphatic heterocycles. The van der Waals surface area contributed by atoms with Gasteiger partial charge >= 0.3 is 6.18 Å². The number of alkyl halides is 3. The van der Waals surface area contributed by atoms with Gasteiger partial charge < -0.3 is 5.32 Å². The van der Waals surface area contributed by atoms with Crippen LogP contribution in [-0.4, -0.2) is 37.9 Å². The molecule has 4 nitrogen and oxygen atoms in total. The fourth-order valence-corrected chi connectivity index (χ4v) is 4.74. The van der Waals surface area contributed by atoms with Crippen LogP contribution in [0.15, 0.2) is 23.1 Å². The molecule has 9 heteroatoms. The molecule has 0 spiro atoms. The summed E-state index contributed by atoms with van der Waals surface area (Å²) in [5, 5.41) is 3.28. The number of benzene rings is 1. The molecule has 23 heavy (non-hydrogen) atoms. The first-order chi connectivity index (χ1) is 10.7. The highest BCUT2D eigenvalue weighted by Gasteiger charge is 2.38. The van der Waals surface area contributed by atoms with Crippen LogP contribution in [0.1, 0.15) is 24.8 Å². The molecule has 0 radical (unpaired) electrons. The van der Waals surface area contributed by atoms with Crippen molar-refractivity contribution in [2.75, 3.05) is 13.1 Å². The van der Waals surface area contributed by atoms with Gasteiger partial charge in [0.2, 0.25) is 10.0 Å². The SMILES string of the molecule is O=S(=O)(c1cc(C(F)(F)F)ccc1F)N1CCC2CCC(C1)N2. The summed E-state index contributed by atoms with van der Waals surface area (Å²) in [7, 11) is -4.30. The largest absolute Gasteiger partial charge is 0.416 e. The minimum Gasteiger partial charge on any atom is -0.310 e. The lowest BCUT2D eigenvalue weighted by atomic mass is 10.1. The van der Waals surface area contributed by atoms with Crippen molar-refractivity contribution in [1.82, 2.24) is 9.62 Å². The number of rotatable bonds is 2. The molecule has 2 heterocycles. The number of sulfonamides is 1. The van der Waals surface area contributed by atoms with Gasteiger partial charge in [-0.2, -0.15) is 17.5 Å². The summed E-state index contributed by atoms with van der Waals surface area (Å²) in [5.41, 5.74) is -1.17. The number of nitrogens with zero attached hydrogens (tertiary/aromatic N) is 1.